The minimum absolute atomic E-state index is 0.106. The Morgan fingerprint density at radius 3 is 3.00 bits per heavy atom. The first-order valence-electron chi connectivity index (χ1n) is 6.51. The molecule has 1 aliphatic carbocycles. The second-order valence-corrected chi connectivity index (χ2v) is 4.72. The molecule has 0 saturated heterocycles. The van der Waals surface area contributed by atoms with E-state index in [2.05, 4.69) is 17.5 Å². The third-order valence-corrected chi connectivity index (χ3v) is 3.39. The van der Waals surface area contributed by atoms with Gasteiger partial charge in [0.05, 0.1) is 12.7 Å². The molecular weight excluding hydrogens is 242 g/mol. The normalized spacial score (nSPS) is 18.1. The Balaban J connectivity index is 1.98. The number of benzene rings is 1. The molecule has 1 aromatic carbocycles. The maximum absolute atomic E-state index is 12.0. The van der Waals surface area contributed by atoms with Crippen LogP contribution in [0, 0.1) is 5.92 Å². The fraction of sp³-hybridized carbons (Fsp3) is 0.400. The molecule has 4 heteroatoms. The quantitative estimate of drug-likeness (QED) is 0.819. The van der Waals surface area contributed by atoms with Crippen molar-refractivity contribution in [3.63, 3.8) is 0 Å². The van der Waals surface area contributed by atoms with Crippen molar-refractivity contribution < 1.29 is 14.6 Å². The summed E-state index contributed by atoms with van der Waals surface area (Å²) in [6, 6.07) is 4.91. The minimum atomic E-state index is -0.258. The molecule has 0 spiro atoms. The standard InChI is InChI=1S/C15H19NO3/c1-19-13-9-5-8-12(14(13)17)15(18)16-10-11-6-3-2-4-7-11/h2-3,5,8-9,11,17H,4,6-7,10H2,1H3,(H,16,18). The number of aromatic hydroxyl groups is 1. The van der Waals surface area contributed by atoms with E-state index in [9.17, 15) is 9.90 Å². The van der Waals surface area contributed by atoms with Crippen molar-refractivity contribution in [2.75, 3.05) is 13.7 Å². The van der Waals surface area contributed by atoms with E-state index in [1.807, 2.05) is 0 Å². The van der Waals surface area contributed by atoms with Crippen molar-refractivity contribution >= 4 is 5.91 Å². The molecule has 0 aliphatic heterocycles. The lowest BCUT2D eigenvalue weighted by molar-refractivity contribution is 0.0943. The van der Waals surface area contributed by atoms with Crippen LogP contribution in [0.15, 0.2) is 30.4 Å². The van der Waals surface area contributed by atoms with Crippen LogP contribution in [-0.4, -0.2) is 24.7 Å². The Bertz CT molecular complexity index is 482. The van der Waals surface area contributed by atoms with Gasteiger partial charge in [0.25, 0.3) is 5.91 Å². The van der Waals surface area contributed by atoms with Crippen molar-refractivity contribution in [1.82, 2.24) is 5.32 Å². The van der Waals surface area contributed by atoms with Crippen LogP contribution in [-0.2, 0) is 0 Å². The molecule has 102 valence electrons. The summed E-state index contributed by atoms with van der Waals surface area (Å²) < 4.78 is 4.99. The van der Waals surface area contributed by atoms with Gasteiger partial charge in [0.15, 0.2) is 11.5 Å². The van der Waals surface area contributed by atoms with Crippen LogP contribution >= 0.6 is 0 Å². The lowest BCUT2D eigenvalue weighted by Crippen LogP contribution is -2.29. The van der Waals surface area contributed by atoms with Crippen molar-refractivity contribution in [2.45, 2.75) is 19.3 Å². The minimum Gasteiger partial charge on any atom is -0.504 e. The highest BCUT2D eigenvalue weighted by atomic mass is 16.5. The summed E-state index contributed by atoms with van der Waals surface area (Å²) in [5.74, 6) is 0.437. The molecule has 2 N–H and O–H groups in total. The number of hydrogen-bond donors (Lipinski definition) is 2. The summed E-state index contributed by atoms with van der Waals surface area (Å²) >= 11 is 0. The van der Waals surface area contributed by atoms with Gasteiger partial charge in [0.1, 0.15) is 0 Å². The number of amides is 1. The van der Waals surface area contributed by atoms with Gasteiger partial charge in [-0.05, 0) is 37.3 Å². The van der Waals surface area contributed by atoms with Crippen LogP contribution in [0.5, 0.6) is 11.5 Å². The SMILES string of the molecule is COc1cccc(C(=O)NCC2CC=CCC2)c1O. The first-order chi connectivity index (χ1) is 9.22. The van der Waals surface area contributed by atoms with Gasteiger partial charge in [-0.15, -0.1) is 0 Å². The molecule has 1 amide bonds. The summed E-state index contributed by atoms with van der Waals surface area (Å²) in [7, 11) is 1.46. The molecule has 0 fully saturated rings. The Kier molecular flexibility index (Phi) is 4.44. The fourth-order valence-corrected chi connectivity index (χ4v) is 2.24. The molecule has 1 atom stereocenters. The topological polar surface area (TPSA) is 58.6 Å². The van der Waals surface area contributed by atoms with E-state index in [1.165, 1.54) is 7.11 Å². The van der Waals surface area contributed by atoms with Crippen molar-refractivity contribution in [3.8, 4) is 11.5 Å². The number of allylic oxidation sites excluding steroid dienone is 2. The third-order valence-electron chi connectivity index (χ3n) is 3.39. The molecule has 19 heavy (non-hydrogen) atoms. The van der Waals surface area contributed by atoms with Gasteiger partial charge in [-0.25, -0.2) is 0 Å². The molecule has 0 aromatic heterocycles. The van der Waals surface area contributed by atoms with Crippen molar-refractivity contribution in [2.24, 2.45) is 5.92 Å². The van der Waals surface area contributed by atoms with Gasteiger partial charge >= 0.3 is 0 Å². The summed E-state index contributed by atoms with van der Waals surface area (Å²) in [5, 5.41) is 12.8. The van der Waals surface area contributed by atoms with Crippen LogP contribution in [0.25, 0.3) is 0 Å². The number of phenols is 1. The molecule has 0 bridgehead atoms. The number of phenolic OH excluding ortho intramolecular Hbond substituents is 1. The van der Waals surface area contributed by atoms with Crippen LogP contribution in [0.3, 0.4) is 0 Å². The van der Waals surface area contributed by atoms with Crippen LogP contribution in [0.2, 0.25) is 0 Å². The zero-order chi connectivity index (χ0) is 13.7. The number of ether oxygens (including phenoxy) is 1. The summed E-state index contributed by atoms with van der Waals surface area (Å²) in [6.07, 6.45) is 7.51. The van der Waals surface area contributed by atoms with Gasteiger partial charge in [-0.2, -0.15) is 0 Å². The number of hydrogen-bond acceptors (Lipinski definition) is 3. The second-order valence-electron chi connectivity index (χ2n) is 4.72. The second kappa shape index (κ2) is 6.27. The highest BCUT2D eigenvalue weighted by molar-refractivity contribution is 5.97. The lowest BCUT2D eigenvalue weighted by Gasteiger charge is -2.18. The average Bonchev–Trinajstić information content (AvgIpc) is 2.46. The van der Waals surface area contributed by atoms with Gasteiger partial charge in [0, 0.05) is 6.54 Å². The van der Waals surface area contributed by atoms with E-state index in [-0.39, 0.29) is 17.2 Å². The van der Waals surface area contributed by atoms with Crippen molar-refractivity contribution in [3.05, 3.63) is 35.9 Å². The number of nitrogens with one attached hydrogen (secondary N) is 1. The first kappa shape index (κ1) is 13.5. The lowest BCUT2D eigenvalue weighted by atomic mass is 9.94. The third kappa shape index (κ3) is 3.28. The van der Waals surface area contributed by atoms with E-state index in [4.69, 9.17) is 4.74 Å². The largest absolute Gasteiger partial charge is 0.504 e. The van der Waals surface area contributed by atoms with Gasteiger partial charge in [-0.1, -0.05) is 18.2 Å². The maximum atomic E-state index is 12.0. The van der Waals surface area contributed by atoms with E-state index in [0.29, 0.717) is 18.2 Å². The average molecular weight is 261 g/mol. The van der Waals surface area contributed by atoms with E-state index < -0.39 is 0 Å². The number of para-hydroxylation sites is 1. The monoisotopic (exact) mass is 261 g/mol. The number of rotatable bonds is 4. The molecular formula is C15H19NO3. The van der Waals surface area contributed by atoms with Gasteiger partial charge in [0.2, 0.25) is 0 Å². The molecule has 0 heterocycles. The predicted molar refractivity (Wildman–Crippen MR) is 73.5 cm³/mol. The predicted octanol–water partition coefficient (Wildman–Crippen LogP) is 2.49. The van der Waals surface area contributed by atoms with Gasteiger partial charge < -0.3 is 15.2 Å². The van der Waals surface area contributed by atoms with Crippen LogP contribution in [0.4, 0.5) is 0 Å². The summed E-state index contributed by atoms with van der Waals surface area (Å²) in [6.45, 7) is 0.639. The maximum Gasteiger partial charge on any atom is 0.255 e. The Morgan fingerprint density at radius 1 is 1.47 bits per heavy atom. The zero-order valence-corrected chi connectivity index (χ0v) is 11.1. The van der Waals surface area contributed by atoms with Crippen LogP contribution < -0.4 is 10.1 Å². The molecule has 2 rings (SSSR count). The van der Waals surface area contributed by atoms with E-state index >= 15 is 0 Å². The molecule has 1 aliphatic rings. The molecule has 4 nitrogen and oxygen atoms in total. The first-order valence-corrected chi connectivity index (χ1v) is 6.51. The molecule has 0 radical (unpaired) electrons. The highest BCUT2D eigenvalue weighted by Crippen LogP contribution is 2.29. The van der Waals surface area contributed by atoms with E-state index in [0.717, 1.165) is 19.3 Å². The Labute approximate surface area is 113 Å². The molecule has 0 saturated carbocycles. The molecule has 1 aromatic rings. The number of carbonyl (C=O) groups is 1. The van der Waals surface area contributed by atoms with Gasteiger partial charge in [-0.3, -0.25) is 4.79 Å². The fourth-order valence-electron chi connectivity index (χ4n) is 2.24. The summed E-state index contributed by atoms with van der Waals surface area (Å²) in [5.41, 5.74) is 0.255. The Hall–Kier alpha value is -1.97. The van der Waals surface area contributed by atoms with E-state index in [1.54, 1.807) is 18.2 Å². The summed E-state index contributed by atoms with van der Waals surface area (Å²) in [4.78, 5) is 12.0. The van der Waals surface area contributed by atoms with Crippen LogP contribution in [0.1, 0.15) is 29.6 Å². The number of carbonyl (C=O) groups excluding carboxylic acids is 1. The number of methoxy groups -OCH3 is 1. The Morgan fingerprint density at radius 2 is 2.32 bits per heavy atom. The highest BCUT2D eigenvalue weighted by Gasteiger charge is 2.16. The smallest absolute Gasteiger partial charge is 0.255 e. The molecule has 1 unspecified atom stereocenters. The zero-order valence-electron chi connectivity index (χ0n) is 11.1. The van der Waals surface area contributed by atoms with Crippen molar-refractivity contribution in [1.29, 1.82) is 0 Å².